The van der Waals surface area contributed by atoms with Gasteiger partial charge in [0.1, 0.15) is 11.6 Å². The molecule has 1 fully saturated rings. The van der Waals surface area contributed by atoms with Gasteiger partial charge in [-0.25, -0.2) is 9.37 Å². The van der Waals surface area contributed by atoms with Crippen LogP contribution in [-0.2, 0) is 17.8 Å². The minimum atomic E-state index is -0.609. The fourth-order valence-electron chi connectivity index (χ4n) is 3.69. The summed E-state index contributed by atoms with van der Waals surface area (Å²) in [7, 11) is 0. The highest BCUT2D eigenvalue weighted by atomic mass is 19.1. The molecule has 2 aromatic carbocycles. The summed E-state index contributed by atoms with van der Waals surface area (Å²) in [6, 6.07) is 14.6. The van der Waals surface area contributed by atoms with Crippen LogP contribution in [0.1, 0.15) is 17.0 Å². The van der Waals surface area contributed by atoms with Gasteiger partial charge in [-0.2, -0.15) is 0 Å². The molecule has 2 N–H and O–H groups in total. The first-order chi connectivity index (χ1) is 13.6. The fourth-order valence-corrected chi connectivity index (χ4v) is 3.69. The van der Waals surface area contributed by atoms with Gasteiger partial charge < -0.3 is 15.2 Å². The normalized spacial score (nSPS) is 15.1. The molecule has 6 heteroatoms. The number of hydrogen-bond acceptors (Lipinski definition) is 3. The number of amides is 1. The van der Waals surface area contributed by atoms with Crippen molar-refractivity contribution in [3.8, 4) is 5.69 Å². The third-order valence-corrected chi connectivity index (χ3v) is 5.41. The molecular weight excluding hydrogens is 355 g/mol. The van der Waals surface area contributed by atoms with Crippen LogP contribution in [0.4, 0.5) is 4.39 Å². The van der Waals surface area contributed by atoms with Crippen LogP contribution < -0.4 is 10.6 Å². The molecule has 0 bridgehead atoms. The van der Waals surface area contributed by atoms with Crippen LogP contribution in [0.15, 0.2) is 60.9 Å². The Kier molecular flexibility index (Phi) is 4.96. The Hall–Kier alpha value is -2.99. The monoisotopic (exact) mass is 378 g/mol. The van der Waals surface area contributed by atoms with Gasteiger partial charge in [0.25, 0.3) is 0 Å². The van der Waals surface area contributed by atoms with Gasteiger partial charge in [-0.1, -0.05) is 36.4 Å². The van der Waals surface area contributed by atoms with Gasteiger partial charge in [0.2, 0.25) is 5.91 Å². The van der Waals surface area contributed by atoms with E-state index in [0.29, 0.717) is 31.6 Å². The SMILES string of the molecule is Cc1nccn1-c1ccccc1CNC(=O)C1(Cc2ccccc2F)CNC1. The van der Waals surface area contributed by atoms with Gasteiger partial charge in [-0.15, -0.1) is 0 Å². The molecule has 1 amide bonds. The summed E-state index contributed by atoms with van der Waals surface area (Å²) in [4.78, 5) is 17.3. The predicted molar refractivity (Wildman–Crippen MR) is 106 cm³/mol. The van der Waals surface area contributed by atoms with Crippen molar-refractivity contribution in [3.05, 3.63) is 83.7 Å². The molecule has 1 aromatic heterocycles. The third-order valence-electron chi connectivity index (χ3n) is 5.41. The summed E-state index contributed by atoms with van der Waals surface area (Å²) in [5.74, 6) is 0.576. The maximum absolute atomic E-state index is 14.1. The topological polar surface area (TPSA) is 59.0 Å². The first-order valence-corrected chi connectivity index (χ1v) is 9.40. The number of nitrogens with one attached hydrogen (secondary N) is 2. The van der Waals surface area contributed by atoms with Crippen molar-refractivity contribution >= 4 is 5.91 Å². The Bertz CT molecular complexity index is 993. The zero-order valence-electron chi connectivity index (χ0n) is 15.8. The second kappa shape index (κ2) is 7.56. The Morgan fingerprint density at radius 1 is 1.18 bits per heavy atom. The quantitative estimate of drug-likeness (QED) is 0.693. The lowest BCUT2D eigenvalue weighted by molar-refractivity contribution is -0.134. The molecule has 1 aliphatic rings. The number of carbonyl (C=O) groups is 1. The second-order valence-electron chi connectivity index (χ2n) is 7.31. The highest BCUT2D eigenvalue weighted by molar-refractivity contribution is 5.84. The van der Waals surface area contributed by atoms with E-state index in [1.165, 1.54) is 6.07 Å². The largest absolute Gasteiger partial charge is 0.351 e. The maximum Gasteiger partial charge on any atom is 0.229 e. The van der Waals surface area contributed by atoms with Crippen LogP contribution >= 0.6 is 0 Å². The number of aryl methyl sites for hydroxylation is 1. The lowest BCUT2D eigenvalue weighted by Crippen LogP contribution is -2.62. The molecule has 4 rings (SSSR count). The van der Waals surface area contributed by atoms with Gasteiger partial charge >= 0.3 is 0 Å². The number of rotatable bonds is 6. The van der Waals surface area contributed by atoms with Crippen molar-refractivity contribution in [2.75, 3.05) is 13.1 Å². The number of hydrogen-bond donors (Lipinski definition) is 2. The number of halogens is 1. The van der Waals surface area contributed by atoms with Gasteiger partial charge in [0.15, 0.2) is 0 Å². The highest BCUT2D eigenvalue weighted by Gasteiger charge is 2.44. The predicted octanol–water partition coefficient (Wildman–Crippen LogP) is 2.77. The van der Waals surface area contributed by atoms with E-state index in [4.69, 9.17) is 0 Å². The molecule has 2 heterocycles. The molecule has 1 aliphatic heterocycles. The van der Waals surface area contributed by atoms with Crippen molar-refractivity contribution in [2.24, 2.45) is 5.41 Å². The number of aromatic nitrogens is 2. The molecule has 0 atom stereocenters. The van der Waals surface area contributed by atoms with Crippen LogP contribution in [0.3, 0.4) is 0 Å². The molecule has 1 saturated heterocycles. The molecule has 0 radical (unpaired) electrons. The molecule has 0 saturated carbocycles. The van der Waals surface area contributed by atoms with Gasteiger partial charge in [-0.05, 0) is 36.6 Å². The number of para-hydroxylation sites is 1. The van der Waals surface area contributed by atoms with E-state index < -0.39 is 5.41 Å². The molecule has 28 heavy (non-hydrogen) atoms. The fraction of sp³-hybridized carbons (Fsp3) is 0.273. The van der Waals surface area contributed by atoms with Crippen LogP contribution in [-0.4, -0.2) is 28.5 Å². The van der Waals surface area contributed by atoms with Crippen molar-refractivity contribution in [3.63, 3.8) is 0 Å². The lowest BCUT2D eigenvalue weighted by atomic mass is 9.75. The Balaban J connectivity index is 1.50. The minimum Gasteiger partial charge on any atom is -0.351 e. The van der Waals surface area contributed by atoms with Gasteiger partial charge in [-0.3, -0.25) is 4.79 Å². The van der Waals surface area contributed by atoms with E-state index in [2.05, 4.69) is 15.6 Å². The minimum absolute atomic E-state index is 0.0494. The first-order valence-electron chi connectivity index (χ1n) is 9.40. The first kappa shape index (κ1) is 18.4. The van der Waals surface area contributed by atoms with Crippen molar-refractivity contribution in [1.82, 2.24) is 20.2 Å². The van der Waals surface area contributed by atoms with Gasteiger partial charge in [0, 0.05) is 32.0 Å². The van der Waals surface area contributed by atoms with E-state index in [1.54, 1.807) is 24.4 Å². The molecule has 3 aromatic rings. The zero-order valence-corrected chi connectivity index (χ0v) is 15.8. The molecule has 0 spiro atoms. The van der Waals surface area contributed by atoms with Crippen LogP contribution in [0.25, 0.3) is 5.69 Å². The molecular formula is C22H23FN4O. The zero-order chi connectivity index (χ0) is 19.6. The lowest BCUT2D eigenvalue weighted by Gasteiger charge is -2.41. The van der Waals surface area contributed by atoms with Crippen molar-refractivity contribution < 1.29 is 9.18 Å². The molecule has 5 nitrogen and oxygen atoms in total. The maximum atomic E-state index is 14.1. The smallest absolute Gasteiger partial charge is 0.229 e. The molecule has 0 aliphatic carbocycles. The Labute approximate surface area is 163 Å². The van der Waals surface area contributed by atoms with E-state index in [0.717, 1.165) is 17.1 Å². The van der Waals surface area contributed by atoms with Crippen LogP contribution in [0.2, 0.25) is 0 Å². The second-order valence-corrected chi connectivity index (χ2v) is 7.31. The average Bonchev–Trinajstić information content (AvgIpc) is 3.10. The van der Waals surface area contributed by atoms with Crippen LogP contribution in [0, 0.1) is 18.2 Å². The summed E-state index contributed by atoms with van der Waals surface area (Å²) < 4.78 is 16.1. The average molecular weight is 378 g/mol. The van der Waals surface area contributed by atoms with E-state index in [1.807, 2.05) is 42.0 Å². The van der Waals surface area contributed by atoms with E-state index in [-0.39, 0.29) is 11.7 Å². The Morgan fingerprint density at radius 3 is 2.54 bits per heavy atom. The third kappa shape index (κ3) is 3.43. The van der Waals surface area contributed by atoms with Crippen molar-refractivity contribution in [2.45, 2.75) is 19.9 Å². The summed E-state index contributed by atoms with van der Waals surface area (Å²) >= 11 is 0. The standard InChI is InChI=1S/C22H23FN4O/c1-16-25-10-11-27(16)20-9-5-3-7-18(20)13-26-21(28)22(14-24-15-22)12-17-6-2-4-8-19(17)23/h2-11,24H,12-15H2,1H3,(H,26,28). The summed E-state index contributed by atoms with van der Waals surface area (Å²) in [5, 5.41) is 6.23. The van der Waals surface area contributed by atoms with Crippen LogP contribution in [0.5, 0.6) is 0 Å². The van der Waals surface area contributed by atoms with E-state index >= 15 is 0 Å². The summed E-state index contributed by atoms with van der Waals surface area (Å²) in [6.45, 7) is 3.45. The van der Waals surface area contributed by atoms with E-state index in [9.17, 15) is 9.18 Å². The number of imidazole rings is 1. The number of carbonyl (C=O) groups excluding carboxylic acids is 1. The van der Waals surface area contributed by atoms with Gasteiger partial charge in [0.05, 0.1) is 11.1 Å². The number of nitrogens with zero attached hydrogens (tertiary/aromatic N) is 2. The highest BCUT2D eigenvalue weighted by Crippen LogP contribution is 2.29. The summed E-state index contributed by atoms with van der Waals surface area (Å²) in [6.07, 6.45) is 4.06. The molecule has 144 valence electrons. The Morgan fingerprint density at radius 2 is 1.89 bits per heavy atom. The summed E-state index contributed by atoms with van der Waals surface area (Å²) in [5.41, 5.74) is 1.97. The molecule has 0 unspecified atom stereocenters. The van der Waals surface area contributed by atoms with Crippen molar-refractivity contribution in [1.29, 1.82) is 0 Å². The number of benzene rings is 2.